The van der Waals surface area contributed by atoms with Gasteiger partial charge in [0.1, 0.15) is 24.0 Å². The smallest absolute Gasteiger partial charge is 0.255 e. The lowest BCUT2D eigenvalue weighted by Gasteiger charge is -2.03. The fraction of sp³-hybridized carbons (Fsp3) is 0.267. The van der Waals surface area contributed by atoms with Crippen molar-refractivity contribution in [2.45, 2.75) is 19.8 Å². The van der Waals surface area contributed by atoms with Crippen LogP contribution in [0.3, 0.4) is 0 Å². The molecule has 1 aromatic carbocycles. The number of carbonyl (C=O) groups excluding carboxylic acids is 1. The van der Waals surface area contributed by atoms with Gasteiger partial charge in [-0.3, -0.25) is 9.89 Å². The number of hydrogen-bond acceptors (Lipinski definition) is 4. The number of nitrogens with zero attached hydrogens (tertiary/aromatic N) is 2. The van der Waals surface area contributed by atoms with Gasteiger partial charge in [0.2, 0.25) is 0 Å². The fourth-order valence-electron chi connectivity index (χ4n) is 2.21. The molecule has 3 rings (SSSR count). The summed E-state index contributed by atoms with van der Waals surface area (Å²) in [5, 5.41) is 10.2. The molecule has 0 bridgehead atoms. The number of nitrogens with one attached hydrogen (secondary N) is 2. The van der Waals surface area contributed by atoms with Crippen LogP contribution in [0.15, 0.2) is 35.2 Å². The average Bonchev–Trinajstić information content (AvgIpc) is 3.15. The summed E-state index contributed by atoms with van der Waals surface area (Å²) in [5.74, 6) is 0.613. The lowest BCUT2D eigenvalue weighted by molar-refractivity contribution is 0.0955. The SMILES string of the molecule is CCc1ccc2occ(C(=O)NCCc3ncn[nH]3)c2c1. The molecule has 1 amide bonds. The zero-order valence-electron chi connectivity index (χ0n) is 11.7. The molecule has 3 aromatic rings. The molecule has 0 saturated carbocycles. The minimum absolute atomic E-state index is 0.137. The van der Waals surface area contributed by atoms with E-state index in [0.29, 0.717) is 18.5 Å². The van der Waals surface area contributed by atoms with Crippen LogP contribution in [-0.4, -0.2) is 27.6 Å². The summed E-state index contributed by atoms with van der Waals surface area (Å²) >= 11 is 0. The Hall–Kier alpha value is -2.63. The van der Waals surface area contributed by atoms with Crippen LogP contribution < -0.4 is 5.32 Å². The molecule has 0 radical (unpaired) electrons. The lowest BCUT2D eigenvalue weighted by Crippen LogP contribution is -2.25. The molecule has 6 heteroatoms. The molecule has 0 unspecified atom stereocenters. The minimum Gasteiger partial charge on any atom is -0.463 e. The Morgan fingerprint density at radius 2 is 2.33 bits per heavy atom. The Labute approximate surface area is 121 Å². The van der Waals surface area contributed by atoms with E-state index < -0.39 is 0 Å². The molecular weight excluding hydrogens is 268 g/mol. The van der Waals surface area contributed by atoms with Crippen LogP contribution in [0.2, 0.25) is 0 Å². The van der Waals surface area contributed by atoms with Crippen molar-refractivity contribution < 1.29 is 9.21 Å². The topological polar surface area (TPSA) is 83.8 Å². The van der Waals surface area contributed by atoms with Crippen LogP contribution in [0.4, 0.5) is 0 Å². The standard InChI is InChI=1S/C15H16N4O2/c1-2-10-3-4-13-11(7-10)12(8-21-13)15(20)16-6-5-14-17-9-18-19-14/h3-4,7-9H,2,5-6H2,1H3,(H,16,20)(H,17,18,19). The van der Waals surface area contributed by atoms with Crippen LogP contribution in [0, 0.1) is 0 Å². The highest BCUT2D eigenvalue weighted by Crippen LogP contribution is 2.22. The predicted octanol–water partition coefficient (Wildman–Crippen LogP) is 2.09. The maximum absolute atomic E-state index is 12.2. The van der Waals surface area contributed by atoms with E-state index in [1.807, 2.05) is 18.2 Å². The molecule has 2 N–H and O–H groups in total. The molecule has 6 nitrogen and oxygen atoms in total. The third-order valence-electron chi connectivity index (χ3n) is 3.40. The third-order valence-corrected chi connectivity index (χ3v) is 3.40. The van der Waals surface area contributed by atoms with Crippen molar-refractivity contribution in [1.29, 1.82) is 0 Å². The summed E-state index contributed by atoms with van der Waals surface area (Å²) < 4.78 is 5.43. The van der Waals surface area contributed by atoms with Crippen molar-refractivity contribution >= 4 is 16.9 Å². The number of fused-ring (bicyclic) bond motifs is 1. The molecule has 0 aliphatic carbocycles. The number of hydrogen-bond donors (Lipinski definition) is 2. The summed E-state index contributed by atoms with van der Waals surface area (Å²) in [6, 6.07) is 5.92. The lowest BCUT2D eigenvalue weighted by atomic mass is 10.1. The van der Waals surface area contributed by atoms with Crippen molar-refractivity contribution in [3.63, 3.8) is 0 Å². The first-order valence-corrected chi connectivity index (χ1v) is 6.90. The summed E-state index contributed by atoms with van der Waals surface area (Å²) in [6.07, 6.45) is 4.50. The number of aromatic amines is 1. The van der Waals surface area contributed by atoms with Crippen LogP contribution in [0.5, 0.6) is 0 Å². The van der Waals surface area contributed by atoms with E-state index in [2.05, 4.69) is 27.4 Å². The van der Waals surface area contributed by atoms with Crippen molar-refractivity contribution in [1.82, 2.24) is 20.5 Å². The quantitative estimate of drug-likeness (QED) is 0.751. The molecule has 108 valence electrons. The summed E-state index contributed by atoms with van der Waals surface area (Å²) in [6.45, 7) is 2.58. The molecule has 2 aromatic heterocycles. The van der Waals surface area contributed by atoms with Crippen molar-refractivity contribution in [3.8, 4) is 0 Å². The first-order valence-electron chi connectivity index (χ1n) is 6.90. The fourth-order valence-corrected chi connectivity index (χ4v) is 2.21. The molecule has 0 aliphatic rings. The Balaban J connectivity index is 1.72. The second-order valence-electron chi connectivity index (χ2n) is 4.77. The Kier molecular flexibility index (Phi) is 3.68. The number of aromatic nitrogens is 3. The van der Waals surface area contributed by atoms with Crippen molar-refractivity contribution in [3.05, 3.63) is 47.7 Å². The van der Waals surface area contributed by atoms with E-state index in [1.165, 1.54) is 18.2 Å². The third kappa shape index (κ3) is 2.79. The highest BCUT2D eigenvalue weighted by atomic mass is 16.3. The van der Waals surface area contributed by atoms with Crippen molar-refractivity contribution in [2.24, 2.45) is 0 Å². The second kappa shape index (κ2) is 5.78. The van der Waals surface area contributed by atoms with Crippen molar-refractivity contribution in [2.75, 3.05) is 6.54 Å². The Morgan fingerprint density at radius 1 is 1.43 bits per heavy atom. The van der Waals surface area contributed by atoms with Gasteiger partial charge < -0.3 is 9.73 Å². The average molecular weight is 284 g/mol. The second-order valence-corrected chi connectivity index (χ2v) is 4.77. The molecule has 0 fully saturated rings. The number of rotatable bonds is 5. The number of amides is 1. The van der Waals surface area contributed by atoms with E-state index >= 15 is 0 Å². The van der Waals surface area contributed by atoms with Gasteiger partial charge >= 0.3 is 0 Å². The van der Waals surface area contributed by atoms with Crippen LogP contribution >= 0.6 is 0 Å². The number of carbonyl (C=O) groups is 1. The first kappa shape index (κ1) is 13.4. The number of benzene rings is 1. The number of furan rings is 1. The van der Waals surface area contributed by atoms with E-state index in [9.17, 15) is 4.79 Å². The number of H-pyrrole nitrogens is 1. The highest BCUT2D eigenvalue weighted by molar-refractivity contribution is 6.06. The molecule has 0 atom stereocenters. The summed E-state index contributed by atoms with van der Waals surface area (Å²) in [4.78, 5) is 16.2. The molecule has 2 heterocycles. The highest BCUT2D eigenvalue weighted by Gasteiger charge is 2.13. The van der Waals surface area contributed by atoms with E-state index in [0.717, 1.165) is 23.2 Å². The summed E-state index contributed by atoms with van der Waals surface area (Å²) in [7, 11) is 0. The van der Waals surface area contributed by atoms with E-state index in [4.69, 9.17) is 4.42 Å². The molecule has 0 aliphatic heterocycles. The summed E-state index contributed by atoms with van der Waals surface area (Å²) in [5.41, 5.74) is 2.48. The zero-order chi connectivity index (χ0) is 14.7. The van der Waals surface area contributed by atoms with Gasteiger partial charge in [0.25, 0.3) is 5.91 Å². The normalized spacial score (nSPS) is 10.9. The van der Waals surface area contributed by atoms with Gasteiger partial charge in [-0.25, -0.2) is 4.98 Å². The van der Waals surface area contributed by atoms with E-state index in [1.54, 1.807) is 0 Å². The van der Waals surface area contributed by atoms with Gasteiger partial charge in [0.15, 0.2) is 0 Å². The molecule has 21 heavy (non-hydrogen) atoms. The Bertz CT molecular complexity index is 746. The van der Waals surface area contributed by atoms with E-state index in [-0.39, 0.29) is 5.91 Å². The molecule has 0 spiro atoms. The molecular formula is C15H16N4O2. The monoisotopic (exact) mass is 284 g/mol. The minimum atomic E-state index is -0.137. The van der Waals surface area contributed by atoms with Crippen LogP contribution in [0.1, 0.15) is 28.7 Å². The maximum atomic E-state index is 12.2. The maximum Gasteiger partial charge on any atom is 0.255 e. The van der Waals surface area contributed by atoms with Crippen LogP contribution in [0.25, 0.3) is 11.0 Å². The number of aryl methyl sites for hydroxylation is 1. The van der Waals surface area contributed by atoms with Gasteiger partial charge in [-0.2, -0.15) is 5.10 Å². The van der Waals surface area contributed by atoms with Crippen LogP contribution in [-0.2, 0) is 12.8 Å². The first-order chi connectivity index (χ1) is 10.3. The van der Waals surface area contributed by atoms with Gasteiger partial charge in [-0.15, -0.1) is 0 Å². The van der Waals surface area contributed by atoms with Gasteiger partial charge in [-0.05, 0) is 24.1 Å². The van der Waals surface area contributed by atoms with Gasteiger partial charge in [0.05, 0.1) is 5.56 Å². The Morgan fingerprint density at radius 3 is 3.10 bits per heavy atom. The van der Waals surface area contributed by atoms with Gasteiger partial charge in [-0.1, -0.05) is 13.0 Å². The largest absolute Gasteiger partial charge is 0.463 e. The predicted molar refractivity (Wildman–Crippen MR) is 78.0 cm³/mol. The molecule has 0 saturated heterocycles. The van der Waals surface area contributed by atoms with Gasteiger partial charge in [0, 0.05) is 18.4 Å². The zero-order valence-corrected chi connectivity index (χ0v) is 11.7.